The molecule has 7 aromatic rings. The summed E-state index contributed by atoms with van der Waals surface area (Å²) in [5, 5.41) is 13.8. The quantitative estimate of drug-likeness (QED) is 0.240. The average molecular weight is 483 g/mol. The molecule has 0 saturated carbocycles. The number of pyridine rings is 1. The van der Waals surface area contributed by atoms with Gasteiger partial charge in [-0.3, -0.25) is 0 Å². The molecule has 176 valence electrons. The van der Waals surface area contributed by atoms with Crippen molar-refractivity contribution in [3.63, 3.8) is 0 Å². The summed E-state index contributed by atoms with van der Waals surface area (Å²) in [5.74, 6) is -0.295. The monoisotopic (exact) mass is 482 g/mol. The minimum Gasteiger partial charge on any atom is -0.453 e. The zero-order valence-electron chi connectivity index (χ0n) is 20.3. The van der Waals surface area contributed by atoms with E-state index in [1.807, 2.05) is 66.3 Å². The van der Waals surface area contributed by atoms with Gasteiger partial charge in [0.05, 0.1) is 22.2 Å². The summed E-state index contributed by atoms with van der Waals surface area (Å²) in [6.07, 6.45) is 1.94. The highest BCUT2D eigenvalue weighted by Crippen LogP contribution is 2.43. The zero-order valence-corrected chi connectivity index (χ0v) is 20.3. The minimum atomic E-state index is -0.295. The molecule has 3 heterocycles. The van der Waals surface area contributed by atoms with Gasteiger partial charge in [0.15, 0.2) is 11.8 Å². The first-order valence-corrected chi connectivity index (χ1v) is 12.1. The molecule has 0 bridgehead atoms. The van der Waals surface area contributed by atoms with Crippen LogP contribution in [0.4, 0.5) is 4.39 Å². The van der Waals surface area contributed by atoms with Crippen LogP contribution in [0.25, 0.3) is 60.7 Å². The summed E-state index contributed by atoms with van der Waals surface area (Å²) < 4.78 is 26.1. The highest BCUT2D eigenvalue weighted by atomic mass is 19.1. The van der Waals surface area contributed by atoms with E-state index in [0.29, 0.717) is 38.9 Å². The van der Waals surface area contributed by atoms with Gasteiger partial charge in [-0.25, -0.2) is 8.96 Å². The molecule has 0 radical (unpaired) electrons. The molecular formula is C32H21FN3O+. The number of hydrogen-bond acceptors (Lipinski definition) is 2. The number of nitrogens with zero attached hydrogens (tertiary/aromatic N) is 3. The van der Waals surface area contributed by atoms with Crippen LogP contribution in [-0.4, -0.2) is 4.57 Å². The first-order valence-electron chi connectivity index (χ1n) is 12.1. The summed E-state index contributed by atoms with van der Waals surface area (Å²) in [5.41, 5.74) is 6.35. The number of rotatable bonds is 2. The van der Waals surface area contributed by atoms with Crippen LogP contribution in [0, 0.1) is 24.1 Å². The lowest BCUT2D eigenvalue weighted by atomic mass is 9.99. The van der Waals surface area contributed by atoms with Gasteiger partial charge in [0.2, 0.25) is 5.69 Å². The van der Waals surface area contributed by atoms with Crippen LogP contribution >= 0.6 is 0 Å². The Kier molecular flexibility index (Phi) is 4.49. The predicted octanol–water partition coefficient (Wildman–Crippen LogP) is 7.49. The second kappa shape index (κ2) is 7.78. The summed E-state index contributed by atoms with van der Waals surface area (Å²) in [7, 11) is 1.94. The second-order valence-electron chi connectivity index (χ2n) is 9.35. The molecule has 0 spiro atoms. The second-order valence-corrected chi connectivity index (χ2v) is 9.35. The Balaban J connectivity index is 1.69. The van der Waals surface area contributed by atoms with Crippen LogP contribution in [0.5, 0.6) is 0 Å². The maximum atomic E-state index is 15.4. The molecule has 0 aliphatic heterocycles. The van der Waals surface area contributed by atoms with Crippen LogP contribution in [0.15, 0.2) is 95.5 Å². The Morgan fingerprint density at radius 3 is 2.16 bits per heavy atom. The van der Waals surface area contributed by atoms with E-state index in [-0.39, 0.29) is 5.82 Å². The van der Waals surface area contributed by atoms with E-state index in [2.05, 4.69) is 34.9 Å². The van der Waals surface area contributed by atoms with Crippen LogP contribution < -0.4 is 4.57 Å². The normalized spacial score (nSPS) is 11.6. The van der Waals surface area contributed by atoms with E-state index >= 15 is 4.39 Å². The van der Waals surface area contributed by atoms with Gasteiger partial charge in [-0.05, 0) is 43.3 Å². The minimum absolute atomic E-state index is 0.295. The molecule has 0 aliphatic rings. The number of para-hydroxylation sites is 2. The first kappa shape index (κ1) is 21.3. The summed E-state index contributed by atoms with van der Waals surface area (Å²) in [6, 6.07) is 29.7. The molecule has 0 fully saturated rings. The number of furan rings is 1. The lowest BCUT2D eigenvalue weighted by Crippen LogP contribution is -2.30. The van der Waals surface area contributed by atoms with E-state index in [9.17, 15) is 5.26 Å². The smallest absolute Gasteiger partial charge is 0.216 e. The fourth-order valence-electron chi connectivity index (χ4n) is 5.59. The van der Waals surface area contributed by atoms with Crippen molar-refractivity contribution in [2.45, 2.75) is 6.92 Å². The highest BCUT2D eigenvalue weighted by molar-refractivity contribution is 6.15. The number of benzene rings is 4. The van der Waals surface area contributed by atoms with Gasteiger partial charge >= 0.3 is 0 Å². The number of hydrogen-bond donors (Lipinski definition) is 0. The molecule has 0 atom stereocenters. The summed E-state index contributed by atoms with van der Waals surface area (Å²) >= 11 is 0. The SMILES string of the molecule is Cc1c(F)cc2c(oc3c(-n4c5ccccc5c5ccccc54)c(C#N)ccc32)c1-c1cccc[n+]1C. The fourth-order valence-corrected chi connectivity index (χ4v) is 5.59. The van der Waals surface area contributed by atoms with Gasteiger partial charge < -0.3 is 8.98 Å². The van der Waals surface area contributed by atoms with Gasteiger partial charge in [0.1, 0.15) is 30.2 Å². The number of aryl methyl sites for hydroxylation is 1. The van der Waals surface area contributed by atoms with E-state index in [4.69, 9.17) is 4.42 Å². The molecule has 0 N–H and O–H groups in total. The van der Waals surface area contributed by atoms with Gasteiger partial charge in [-0.1, -0.05) is 36.4 Å². The molecule has 4 nitrogen and oxygen atoms in total. The third-order valence-corrected chi connectivity index (χ3v) is 7.34. The molecule has 0 saturated heterocycles. The van der Waals surface area contributed by atoms with E-state index < -0.39 is 0 Å². The largest absolute Gasteiger partial charge is 0.453 e. The number of aromatic nitrogens is 2. The van der Waals surface area contributed by atoms with Crippen molar-refractivity contribution in [3.05, 3.63) is 108 Å². The molecule has 3 aromatic heterocycles. The van der Waals surface area contributed by atoms with Gasteiger partial charge in [0, 0.05) is 39.2 Å². The van der Waals surface area contributed by atoms with Crippen molar-refractivity contribution >= 4 is 43.7 Å². The van der Waals surface area contributed by atoms with Gasteiger partial charge in [-0.15, -0.1) is 0 Å². The van der Waals surface area contributed by atoms with E-state index in [0.717, 1.165) is 32.9 Å². The zero-order chi connectivity index (χ0) is 25.3. The van der Waals surface area contributed by atoms with Crippen molar-refractivity contribution < 1.29 is 13.4 Å². The van der Waals surface area contributed by atoms with Gasteiger partial charge in [-0.2, -0.15) is 5.26 Å². The van der Waals surface area contributed by atoms with Crippen molar-refractivity contribution in [1.82, 2.24) is 4.57 Å². The Bertz CT molecular complexity index is 2040. The first-order chi connectivity index (χ1) is 18.1. The molecule has 0 aliphatic carbocycles. The molecule has 4 aromatic carbocycles. The Hall–Kier alpha value is -4.95. The molecular weight excluding hydrogens is 461 g/mol. The number of fused-ring (bicyclic) bond motifs is 6. The Morgan fingerprint density at radius 1 is 0.811 bits per heavy atom. The molecule has 0 unspecified atom stereocenters. The number of halogens is 1. The van der Waals surface area contributed by atoms with Crippen LogP contribution in [0.3, 0.4) is 0 Å². The summed E-state index contributed by atoms with van der Waals surface area (Å²) in [6.45, 7) is 1.78. The molecule has 0 amide bonds. The summed E-state index contributed by atoms with van der Waals surface area (Å²) in [4.78, 5) is 0. The van der Waals surface area contributed by atoms with Crippen molar-refractivity contribution in [1.29, 1.82) is 5.26 Å². The van der Waals surface area contributed by atoms with Crippen molar-refractivity contribution in [2.75, 3.05) is 0 Å². The fraction of sp³-hybridized carbons (Fsp3) is 0.0625. The lowest BCUT2D eigenvalue weighted by molar-refractivity contribution is -0.660. The van der Waals surface area contributed by atoms with E-state index in [1.54, 1.807) is 19.1 Å². The van der Waals surface area contributed by atoms with Crippen molar-refractivity contribution in [2.24, 2.45) is 7.05 Å². The topological polar surface area (TPSA) is 45.7 Å². The lowest BCUT2D eigenvalue weighted by Gasteiger charge is -2.10. The Morgan fingerprint density at radius 2 is 1.49 bits per heavy atom. The molecule has 37 heavy (non-hydrogen) atoms. The van der Waals surface area contributed by atoms with Crippen LogP contribution in [-0.2, 0) is 7.05 Å². The van der Waals surface area contributed by atoms with Crippen molar-refractivity contribution in [3.8, 4) is 23.0 Å². The highest BCUT2D eigenvalue weighted by Gasteiger charge is 2.26. The standard InChI is InChI=1S/C32H21FN3O/c1-19-25(33)17-24-23-15-14-20(18-34)30(32(23)37-31(24)29(19)28-13-7-8-16-35(28)2)36-26-11-5-3-9-21(26)22-10-4-6-12-27(22)36/h3-17H,1-2H3/q+1. The van der Waals surface area contributed by atoms with Gasteiger partial charge in [0.25, 0.3) is 0 Å². The van der Waals surface area contributed by atoms with Crippen LogP contribution in [0.2, 0.25) is 0 Å². The maximum absolute atomic E-state index is 15.4. The number of nitriles is 1. The molecule has 7 rings (SSSR count). The third-order valence-electron chi connectivity index (χ3n) is 7.34. The Labute approximate surface area is 212 Å². The maximum Gasteiger partial charge on any atom is 0.216 e. The average Bonchev–Trinajstić information content (AvgIpc) is 3.45. The third kappa shape index (κ3) is 2.90. The van der Waals surface area contributed by atoms with Crippen LogP contribution in [0.1, 0.15) is 11.1 Å². The van der Waals surface area contributed by atoms with E-state index in [1.165, 1.54) is 0 Å². The molecule has 5 heteroatoms. The predicted molar refractivity (Wildman–Crippen MR) is 144 cm³/mol.